The zero-order chi connectivity index (χ0) is 43.0. The van der Waals surface area contributed by atoms with Gasteiger partial charge in [-0.1, -0.05) is 59.7 Å². The number of aryl methyl sites for hydroxylation is 4. The van der Waals surface area contributed by atoms with Crippen LogP contribution < -0.4 is 24.9 Å². The van der Waals surface area contributed by atoms with Crippen LogP contribution >= 0.6 is 0 Å². The molecule has 2 atom stereocenters. The maximum atomic E-state index is 13.9. The van der Waals surface area contributed by atoms with Gasteiger partial charge in [-0.3, -0.25) is 8.37 Å². The van der Waals surface area contributed by atoms with Gasteiger partial charge in [-0.25, -0.2) is 9.57 Å². The van der Waals surface area contributed by atoms with Crippen LogP contribution in [-0.4, -0.2) is 66.9 Å². The van der Waals surface area contributed by atoms with Crippen molar-refractivity contribution in [3.8, 4) is 11.5 Å². The Labute approximate surface area is 344 Å². The minimum absolute atomic E-state index is 0.0104. The first-order chi connectivity index (χ1) is 28.2. The molecular weight excluding hydrogens is 837 g/mol. The van der Waals surface area contributed by atoms with Gasteiger partial charge in [0.15, 0.2) is 23.7 Å². The lowest BCUT2D eigenvalue weighted by Gasteiger charge is -2.32. The Bertz CT molecular complexity index is 2580. The maximum Gasteiger partial charge on any atom is 0.420 e. The molecule has 0 radical (unpaired) electrons. The number of fused-ring (bicyclic) bond motifs is 4. The van der Waals surface area contributed by atoms with Gasteiger partial charge in [0.1, 0.15) is 24.1 Å². The normalized spacial score (nSPS) is 16.5. The zero-order valence-electron chi connectivity index (χ0n) is 32.9. The first-order valence-electron chi connectivity index (χ1n) is 19.6. The standard InChI is InChI=1S/C42H44F6N3O7S2/c1-27-9-13-29(14-10-27)39(41(43,44)45)57-59(52,53)21-5-19-50-17-3-7-31-23-33-37(25-35(31)50)56-38-26-36-32(24-34(38)49-33)8-4-18-51(36)20-6-22-60(54,55)58-40(42(46,47)48)30-15-11-28(2)12-16-30/h9-16,23-26,39-40H,3-8,17-22H2,1-2H3/q+1. The van der Waals surface area contributed by atoms with E-state index in [2.05, 4.69) is 0 Å². The number of nitrogens with zero attached hydrogens (tertiary/aromatic N) is 3. The smallest absolute Gasteiger partial charge is 0.420 e. The topological polar surface area (TPSA) is 115 Å². The van der Waals surface area contributed by atoms with Crippen molar-refractivity contribution >= 4 is 31.6 Å². The van der Waals surface area contributed by atoms with E-state index in [1.54, 1.807) is 13.8 Å². The van der Waals surface area contributed by atoms with Crippen molar-refractivity contribution in [3.63, 3.8) is 0 Å². The van der Waals surface area contributed by atoms with Gasteiger partial charge in [-0.2, -0.15) is 43.2 Å². The highest BCUT2D eigenvalue weighted by molar-refractivity contribution is 7.86. The number of rotatable bonds is 14. The number of halogens is 6. The molecule has 0 saturated carbocycles. The second-order valence-corrected chi connectivity index (χ2v) is 18.8. The monoisotopic (exact) mass is 880 g/mol. The van der Waals surface area contributed by atoms with E-state index in [4.69, 9.17) is 18.1 Å². The summed E-state index contributed by atoms with van der Waals surface area (Å²) in [4.78, 5) is 6.85. The number of hydrogen-bond acceptors (Lipinski definition) is 9. The Hall–Kier alpha value is -4.52. The van der Waals surface area contributed by atoms with Crippen LogP contribution in [0, 0.1) is 13.8 Å². The Morgan fingerprint density at radius 2 is 1.30 bits per heavy atom. The third-order valence-corrected chi connectivity index (χ3v) is 13.2. The SMILES string of the molecule is Cc1ccc(C(OS(=O)(=O)CCCN2CCCc3cc4c(cc32)Oc2cc3c(cc2=N4)CCC[N+]=3CCCS(=O)(=O)OC(c2ccc(C)cc2)C(F)(F)F)C(F)(F)F)cc1. The Morgan fingerprint density at radius 3 is 1.88 bits per heavy atom. The molecule has 0 aliphatic carbocycles. The van der Waals surface area contributed by atoms with Crippen molar-refractivity contribution in [2.75, 3.05) is 42.6 Å². The summed E-state index contributed by atoms with van der Waals surface area (Å²) in [6, 6.07) is 18.1. The molecule has 4 aromatic carbocycles. The molecule has 0 saturated heterocycles. The Kier molecular flexibility index (Phi) is 12.4. The molecule has 0 N–H and O–H groups in total. The second-order valence-electron chi connectivity index (χ2n) is 15.4. The average molecular weight is 881 g/mol. The number of alkyl halides is 6. The van der Waals surface area contributed by atoms with E-state index in [1.165, 1.54) is 48.5 Å². The number of ether oxygens (including phenoxy) is 1. The summed E-state index contributed by atoms with van der Waals surface area (Å²) in [5.41, 5.74) is 4.17. The summed E-state index contributed by atoms with van der Waals surface area (Å²) in [7, 11) is -9.13. The molecule has 0 fully saturated rings. The van der Waals surface area contributed by atoms with E-state index in [-0.39, 0.29) is 37.1 Å². The molecule has 3 aliphatic rings. The third-order valence-electron chi connectivity index (χ3n) is 10.7. The first-order valence-corrected chi connectivity index (χ1v) is 22.7. The quantitative estimate of drug-likeness (QED) is 0.0636. The molecule has 2 unspecified atom stereocenters. The van der Waals surface area contributed by atoms with Crippen molar-refractivity contribution in [1.82, 2.24) is 4.58 Å². The van der Waals surface area contributed by atoms with Gasteiger partial charge in [0, 0.05) is 43.2 Å². The molecule has 0 spiro atoms. The van der Waals surface area contributed by atoms with E-state index >= 15 is 0 Å². The van der Waals surface area contributed by atoms with Crippen LogP contribution in [0.4, 0.5) is 37.7 Å². The predicted molar refractivity (Wildman–Crippen MR) is 212 cm³/mol. The van der Waals surface area contributed by atoms with Crippen molar-refractivity contribution in [2.24, 2.45) is 4.99 Å². The van der Waals surface area contributed by atoms with Crippen LogP contribution in [0.5, 0.6) is 11.5 Å². The maximum absolute atomic E-state index is 13.9. The van der Waals surface area contributed by atoms with Crippen LogP contribution in [0.15, 0.2) is 77.8 Å². The Morgan fingerprint density at radius 1 is 0.733 bits per heavy atom. The lowest BCUT2D eigenvalue weighted by molar-refractivity contribution is -0.197. The zero-order valence-corrected chi connectivity index (χ0v) is 34.5. The molecule has 18 heteroatoms. The second kappa shape index (κ2) is 17.1. The highest BCUT2D eigenvalue weighted by Crippen LogP contribution is 2.42. The van der Waals surface area contributed by atoms with E-state index in [0.717, 1.165) is 59.0 Å². The highest BCUT2D eigenvalue weighted by Gasteiger charge is 2.46. The van der Waals surface area contributed by atoms with E-state index in [0.29, 0.717) is 35.6 Å². The fourth-order valence-electron chi connectivity index (χ4n) is 7.74. The van der Waals surface area contributed by atoms with Crippen LogP contribution in [0.1, 0.15) is 71.3 Å². The molecule has 60 heavy (non-hydrogen) atoms. The van der Waals surface area contributed by atoms with Gasteiger partial charge in [0.25, 0.3) is 20.2 Å². The third kappa shape index (κ3) is 10.3. The van der Waals surface area contributed by atoms with Gasteiger partial charge in [-0.05, 0) is 68.4 Å². The largest absolute Gasteiger partial charge is 0.452 e. The summed E-state index contributed by atoms with van der Waals surface area (Å²) in [5.74, 6) is -0.338. The number of anilines is 1. The van der Waals surface area contributed by atoms with Crippen LogP contribution in [0.3, 0.4) is 0 Å². The minimum Gasteiger partial charge on any atom is -0.452 e. The van der Waals surface area contributed by atoms with Crippen LogP contribution in [0.2, 0.25) is 0 Å². The van der Waals surface area contributed by atoms with Gasteiger partial charge in [0.2, 0.25) is 5.36 Å². The molecule has 3 aliphatic heterocycles. The van der Waals surface area contributed by atoms with Crippen molar-refractivity contribution in [1.29, 1.82) is 0 Å². The fourth-order valence-corrected chi connectivity index (χ4v) is 9.92. The summed E-state index contributed by atoms with van der Waals surface area (Å²) in [6.07, 6.45) is -12.1. The Balaban J connectivity index is 1.03. The molecule has 3 heterocycles. The van der Waals surface area contributed by atoms with Gasteiger partial charge >= 0.3 is 12.4 Å². The predicted octanol–water partition coefficient (Wildman–Crippen LogP) is 7.63. The van der Waals surface area contributed by atoms with Crippen molar-refractivity contribution in [2.45, 2.75) is 76.9 Å². The van der Waals surface area contributed by atoms with E-state index < -0.39 is 56.3 Å². The molecule has 4 aromatic rings. The van der Waals surface area contributed by atoms with Crippen LogP contribution in [-0.2, 0) is 41.4 Å². The summed E-state index contributed by atoms with van der Waals surface area (Å²) in [6.45, 7) is 5.04. The van der Waals surface area contributed by atoms with Crippen LogP contribution in [0.25, 0.3) is 0 Å². The molecule has 0 amide bonds. The fraction of sp³-hybridized carbons (Fsp3) is 0.429. The van der Waals surface area contributed by atoms with Gasteiger partial charge in [-0.15, -0.1) is 0 Å². The highest BCUT2D eigenvalue weighted by atomic mass is 32.2. The average Bonchev–Trinajstić information content (AvgIpc) is 3.17. The van der Waals surface area contributed by atoms with Gasteiger partial charge in [0.05, 0.1) is 17.6 Å². The first kappa shape index (κ1) is 43.6. The molecular formula is C42H44F6N3O7S2+. The number of hydrogen-bond donors (Lipinski definition) is 0. The number of benzene rings is 4. The van der Waals surface area contributed by atoms with Crippen molar-refractivity contribution < 1.29 is 56.3 Å². The molecule has 0 bridgehead atoms. The van der Waals surface area contributed by atoms with E-state index in [9.17, 15) is 43.2 Å². The summed E-state index contributed by atoms with van der Waals surface area (Å²) >= 11 is 0. The molecule has 10 nitrogen and oxygen atoms in total. The minimum atomic E-state index is -4.94. The van der Waals surface area contributed by atoms with Gasteiger partial charge < -0.3 is 9.64 Å². The summed E-state index contributed by atoms with van der Waals surface area (Å²) < 4.78 is 152. The molecule has 322 valence electrons. The molecule has 7 rings (SSSR count). The lowest BCUT2D eigenvalue weighted by atomic mass is 9.99. The lowest BCUT2D eigenvalue weighted by Crippen LogP contribution is -2.40. The molecule has 0 aromatic heterocycles. The van der Waals surface area contributed by atoms with Crippen molar-refractivity contribution in [3.05, 3.63) is 117 Å². The van der Waals surface area contributed by atoms with E-state index in [1.807, 2.05) is 33.7 Å². The summed E-state index contributed by atoms with van der Waals surface area (Å²) in [5, 5.41) is 1.40.